The fourth-order valence-corrected chi connectivity index (χ4v) is 3.83. The normalized spacial score (nSPS) is 20.7. The minimum absolute atomic E-state index is 0.0119. The summed E-state index contributed by atoms with van der Waals surface area (Å²) in [6, 6.07) is 1.22. The minimum atomic E-state index is -4.42. The zero-order chi connectivity index (χ0) is 19.2. The van der Waals surface area contributed by atoms with Crippen LogP contribution in [-0.4, -0.2) is 56.1 Å². The number of nitrogens with zero attached hydrogens (tertiary/aromatic N) is 4. The van der Waals surface area contributed by atoms with Gasteiger partial charge in [-0.05, 0) is 12.0 Å². The Labute approximate surface area is 152 Å². The van der Waals surface area contributed by atoms with Crippen LogP contribution in [0.4, 0.5) is 18.0 Å². The molecular formula is C17H19F3N6O. The van der Waals surface area contributed by atoms with E-state index in [9.17, 15) is 18.0 Å². The van der Waals surface area contributed by atoms with Crippen LogP contribution in [0.3, 0.4) is 0 Å². The van der Waals surface area contributed by atoms with Crippen LogP contribution in [-0.2, 0) is 0 Å². The van der Waals surface area contributed by atoms with Crippen LogP contribution in [0.2, 0.25) is 0 Å². The van der Waals surface area contributed by atoms with E-state index in [0.29, 0.717) is 18.7 Å². The average Bonchev–Trinajstić information content (AvgIpc) is 3.33. The van der Waals surface area contributed by atoms with E-state index in [1.54, 1.807) is 18.6 Å². The van der Waals surface area contributed by atoms with Gasteiger partial charge in [0.2, 0.25) is 0 Å². The second-order valence-corrected chi connectivity index (χ2v) is 6.80. The van der Waals surface area contributed by atoms with Gasteiger partial charge in [0.15, 0.2) is 11.3 Å². The molecule has 1 aliphatic heterocycles. The number of hydrogen-bond acceptors (Lipinski definition) is 3. The van der Waals surface area contributed by atoms with Crippen molar-refractivity contribution in [3.8, 4) is 0 Å². The van der Waals surface area contributed by atoms with Gasteiger partial charge in [-0.3, -0.25) is 4.40 Å². The van der Waals surface area contributed by atoms with Crippen LogP contribution in [0, 0.1) is 5.92 Å². The van der Waals surface area contributed by atoms with Crippen LogP contribution in [0.5, 0.6) is 0 Å². The third-order valence-electron chi connectivity index (χ3n) is 5.14. The number of carbonyl (C=O) groups is 1. The number of alkyl halides is 3. The van der Waals surface area contributed by atoms with Crippen molar-refractivity contribution < 1.29 is 18.0 Å². The molecule has 0 aromatic carbocycles. The van der Waals surface area contributed by atoms with Crippen LogP contribution in [0.15, 0.2) is 24.7 Å². The largest absolute Gasteiger partial charge is 0.405 e. The Balaban J connectivity index is 1.63. The highest BCUT2D eigenvalue weighted by Crippen LogP contribution is 2.35. The predicted octanol–water partition coefficient (Wildman–Crippen LogP) is 2.91. The Morgan fingerprint density at radius 2 is 2.15 bits per heavy atom. The number of nitrogens with one attached hydrogen (secondary N) is 2. The molecule has 2 N–H and O–H groups in total. The molecule has 4 rings (SSSR count). The third-order valence-corrected chi connectivity index (χ3v) is 5.14. The average molecular weight is 380 g/mol. The van der Waals surface area contributed by atoms with Gasteiger partial charge in [0.25, 0.3) is 0 Å². The Morgan fingerprint density at radius 1 is 1.33 bits per heavy atom. The number of H-pyrrole nitrogens is 1. The summed E-state index contributed by atoms with van der Waals surface area (Å²) >= 11 is 0. The summed E-state index contributed by atoms with van der Waals surface area (Å²) in [6.45, 7) is 1.46. The van der Waals surface area contributed by atoms with Gasteiger partial charge in [0.1, 0.15) is 6.54 Å². The number of hydrogen-bond donors (Lipinski definition) is 2. The number of carbonyl (C=O) groups excluding carboxylic acids is 1. The summed E-state index contributed by atoms with van der Waals surface area (Å²) in [6.07, 6.45) is 1.62. The van der Waals surface area contributed by atoms with Gasteiger partial charge in [-0.2, -0.15) is 13.2 Å². The van der Waals surface area contributed by atoms with Crippen LogP contribution >= 0.6 is 0 Å². The summed E-state index contributed by atoms with van der Waals surface area (Å²) in [5.41, 5.74) is 3.25. The Kier molecular flexibility index (Phi) is 4.20. The molecule has 4 heterocycles. The minimum Gasteiger partial charge on any atom is -0.345 e. The van der Waals surface area contributed by atoms with Gasteiger partial charge in [-0.15, -0.1) is 0 Å². The van der Waals surface area contributed by atoms with Crippen molar-refractivity contribution in [2.24, 2.45) is 5.92 Å². The van der Waals surface area contributed by atoms with Gasteiger partial charge >= 0.3 is 12.2 Å². The van der Waals surface area contributed by atoms with E-state index in [0.717, 1.165) is 23.3 Å². The van der Waals surface area contributed by atoms with Crippen LogP contribution in [0.1, 0.15) is 25.0 Å². The molecule has 0 unspecified atom stereocenters. The first-order valence-corrected chi connectivity index (χ1v) is 8.76. The molecule has 0 aliphatic carbocycles. The molecule has 7 nitrogen and oxygen atoms in total. The van der Waals surface area contributed by atoms with Gasteiger partial charge in [0, 0.05) is 37.1 Å². The predicted molar refractivity (Wildman–Crippen MR) is 92.4 cm³/mol. The van der Waals surface area contributed by atoms with Crippen molar-refractivity contribution in [1.82, 2.24) is 29.6 Å². The first kappa shape index (κ1) is 17.6. The second-order valence-electron chi connectivity index (χ2n) is 6.80. The molecule has 1 saturated heterocycles. The monoisotopic (exact) mass is 380 g/mol. The third kappa shape index (κ3) is 3.19. The number of likely N-dealkylation sites (tertiary alicyclic amines) is 1. The van der Waals surface area contributed by atoms with Crippen molar-refractivity contribution in [2.45, 2.75) is 25.4 Å². The molecule has 0 radical (unpaired) electrons. The van der Waals surface area contributed by atoms with Gasteiger partial charge in [-0.1, -0.05) is 13.3 Å². The maximum atomic E-state index is 12.4. The fourth-order valence-electron chi connectivity index (χ4n) is 3.83. The van der Waals surface area contributed by atoms with Crippen molar-refractivity contribution >= 4 is 22.8 Å². The molecule has 144 valence electrons. The second kappa shape index (κ2) is 6.43. The van der Waals surface area contributed by atoms with Crippen molar-refractivity contribution in [1.29, 1.82) is 0 Å². The summed E-state index contributed by atoms with van der Waals surface area (Å²) in [5, 5.41) is 1.96. The maximum absolute atomic E-state index is 12.4. The van der Waals surface area contributed by atoms with E-state index in [2.05, 4.69) is 15.0 Å². The van der Waals surface area contributed by atoms with Crippen molar-refractivity contribution in [3.63, 3.8) is 0 Å². The molecule has 0 bridgehead atoms. The number of fused-ring (bicyclic) bond motifs is 3. The van der Waals surface area contributed by atoms with Crippen LogP contribution in [0.25, 0.3) is 16.8 Å². The standard InChI is InChI=1S/C17H19F3N6O/c1-2-10-7-25(16(27)24-9-17(18,19)20)8-11(10)13-5-22-14-6-23-15-12(26(13)14)3-4-21-15/h3-6,10-11,21H,2,7-9H2,1H3,(H,24,27)/t10-,11+/m0/s1. The zero-order valence-corrected chi connectivity index (χ0v) is 14.6. The van der Waals surface area contributed by atoms with Crippen LogP contribution < -0.4 is 5.32 Å². The molecule has 1 aliphatic rings. The van der Waals surface area contributed by atoms with Crippen molar-refractivity contribution in [2.75, 3.05) is 19.6 Å². The Morgan fingerprint density at radius 3 is 2.89 bits per heavy atom. The van der Waals surface area contributed by atoms with E-state index in [-0.39, 0.29) is 11.8 Å². The van der Waals surface area contributed by atoms with E-state index < -0.39 is 18.8 Å². The number of imidazole rings is 1. The number of amides is 2. The first-order chi connectivity index (χ1) is 12.9. The smallest absolute Gasteiger partial charge is 0.345 e. The number of aromatic amines is 1. The summed E-state index contributed by atoms with van der Waals surface area (Å²) in [4.78, 5) is 25.4. The summed E-state index contributed by atoms with van der Waals surface area (Å²) < 4.78 is 39.2. The highest BCUT2D eigenvalue weighted by molar-refractivity contribution is 5.76. The highest BCUT2D eigenvalue weighted by atomic mass is 19.4. The lowest BCUT2D eigenvalue weighted by Gasteiger charge is -2.18. The molecule has 3 aromatic heterocycles. The lowest BCUT2D eigenvalue weighted by Crippen LogP contribution is -2.42. The summed E-state index contributed by atoms with van der Waals surface area (Å²) in [7, 11) is 0. The number of aromatic nitrogens is 4. The van der Waals surface area contributed by atoms with Gasteiger partial charge in [-0.25, -0.2) is 14.8 Å². The molecule has 0 saturated carbocycles. The molecule has 0 spiro atoms. The van der Waals surface area contributed by atoms with Gasteiger partial charge in [0.05, 0.1) is 11.7 Å². The Bertz CT molecular complexity index is 978. The summed E-state index contributed by atoms with van der Waals surface area (Å²) in [5.74, 6) is 0.130. The molecule has 2 amide bonds. The highest BCUT2D eigenvalue weighted by Gasteiger charge is 2.38. The number of urea groups is 1. The SMILES string of the molecule is CC[C@H]1CN(C(=O)NCC(F)(F)F)C[C@H]1c1cnc2cnc3[nH]ccc3n12. The van der Waals surface area contributed by atoms with Gasteiger partial charge < -0.3 is 15.2 Å². The van der Waals surface area contributed by atoms with E-state index in [1.807, 2.05) is 22.7 Å². The molecule has 27 heavy (non-hydrogen) atoms. The van der Waals surface area contributed by atoms with E-state index >= 15 is 0 Å². The molecule has 1 fully saturated rings. The van der Waals surface area contributed by atoms with E-state index in [4.69, 9.17) is 0 Å². The fraction of sp³-hybridized carbons (Fsp3) is 0.471. The molecule has 3 aromatic rings. The molecule has 2 atom stereocenters. The number of halogens is 3. The Hall–Kier alpha value is -2.78. The van der Waals surface area contributed by atoms with E-state index in [1.165, 1.54) is 4.90 Å². The quantitative estimate of drug-likeness (QED) is 0.733. The topological polar surface area (TPSA) is 78.3 Å². The van der Waals surface area contributed by atoms with Crippen molar-refractivity contribution in [3.05, 3.63) is 30.4 Å². The maximum Gasteiger partial charge on any atom is 0.405 e. The first-order valence-electron chi connectivity index (χ1n) is 8.76. The lowest BCUT2D eigenvalue weighted by atomic mass is 9.91. The zero-order valence-electron chi connectivity index (χ0n) is 14.6. The molecule has 10 heteroatoms. The number of rotatable bonds is 3. The lowest BCUT2D eigenvalue weighted by molar-refractivity contribution is -0.123. The molecular weight excluding hydrogens is 361 g/mol.